The van der Waals surface area contributed by atoms with Gasteiger partial charge in [0.15, 0.2) is 0 Å². The summed E-state index contributed by atoms with van der Waals surface area (Å²) in [5, 5.41) is 18.3. The number of hydrogen-bond acceptors (Lipinski definition) is 4. The van der Waals surface area contributed by atoms with Gasteiger partial charge in [-0.05, 0) is 26.8 Å². The van der Waals surface area contributed by atoms with E-state index in [9.17, 15) is 0 Å². The van der Waals surface area contributed by atoms with E-state index in [1.165, 1.54) is 0 Å². The molecule has 0 amide bonds. The molecule has 0 bridgehead atoms. The zero-order chi connectivity index (χ0) is 11.6. The molecular weight excluding hydrogens is 193 g/mol. The fourth-order valence-corrected chi connectivity index (χ4v) is 1.18. The Kier molecular flexibility index (Phi) is 3.26. The molecule has 82 valence electrons. The first-order valence-corrected chi connectivity index (χ1v) is 4.74. The van der Waals surface area contributed by atoms with E-state index in [1.54, 1.807) is 18.2 Å². The van der Waals surface area contributed by atoms with Crippen LogP contribution in [0.3, 0.4) is 0 Å². The maximum absolute atomic E-state index is 9.13. The van der Waals surface area contributed by atoms with Crippen molar-refractivity contribution in [3.05, 3.63) is 18.2 Å². The van der Waals surface area contributed by atoms with Gasteiger partial charge in [0.1, 0.15) is 11.4 Å². The summed E-state index contributed by atoms with van der Waals surface area (Å²) in [6, 6.07) is 4.73. The molecule has 0 unspecified atom stereocenters. The topological polar surface area (TPSA) is 75.7 Å². The van der Waals surface area contributed by atoms with Gasteiger partial charge in [-0.1, -0.05) is 6.07 Å². The van der Waals surface area contributed by atoms with Crippen LogP contribution in [-0.2, 0) is 0 Å². The largest absolute Gasteiger partial charge is 0.492 e. The Morgan fingerprint density at radius 2 is 1.87 bits per heavy atom. The minimum Gasteiger partial charge on any atom is -0.488 e. The second-order valence-corrected chi connectivity index (χ2v) is 4.39. The highest BCUT2D eigenvalue weighted by molar-refractivity contribution is 6.59. The Morgan fingerprint density at radius 1 is 1.27 bits per heavy atom. The summed E-state index contributed by atoms with van der Waals surface area (Å²) < 4.78 is 5.57. The quantitative estimate of drug-likeness (QED) is 0.477. The van der Waals surface area contributed by atoms with E-state index in [2.05, 4.69) is 0 Å². The summed E-state index contributed by atoms with van der Waals surface area (Å²) in [4.78, 5) is 0. The summed E-state index contributed by atoms with van der Waals surface area (Å²) in [5.41, 5.74) is 6.04. The minimum absolute atomic E-state index is 0.319. The standard InChI is InChI=1S/C10H16BNO3/c1-10(2,3)15-9-6-7(12)4-5-8(9)11(13)14/h4-6,13-14H,12H2,1-3H3. The summed E-state index contributed by atoms with van der Waals surface area (Å²) >= 11 is 0. The average molecular weight is 209 g/mol. The van der Waals surface area contributed by atoms with Gasteiger partial charge >= 0.3 is 7.12 Å². The monoisotopic (exact) mass is 209 g/mol. The summed E-state index contributed by atoms with van der Waals surface area (Å²) in [5.74, 6) is 0.400. The van der Waals surface area contributed by atoms with Crippen molar-refractivity contribution in [2.75, 3.05) is 5.73 Å². The zero-order valence-electron chi connectivity index (χ0n) is 9.19. The molecule has 0 aliphatic heterocycles. The summed E-state index contributed by atoms with van der Waals surface area (Å²) in [6.45, 7) is 5.64. The van der Waals surface area contributed by atoms with Gasteiger partial charge in [-0.2, -0.15) is 0 Å². The van der Waals surface area contributed by atoms with E-state index in [-0.39, 0.29) is 0 Å². The van der Waals surface area contributed by atoms with E-state index in [0.29, 0.717) is 16.9 Å². The number of nitrogens with two attached hydrogens (primary N) is 1. The van der Waals surface area contributed by atoms with E-state index in [1.807, 2.05) is 20.8 Å². The highest BCUT2D eigenvalue weighted by Crippen LogP contribution is 2.18. The van der Waals surface area contributed by atoms with Crippen LogP contribution in [0.4, 0.5) is 5.69 Å². The smallest absolute Gasteiger partial charge is 0.488 e. The van der Waals surface area contributed by atoms with Crippen LogP contribution in [0.1, 0.15) is 20.8 Å². The van der Waals surface area contributed by atoms with Crippen LogP contribution in [-0.4, -0.2) is 22.8 Å². The fourth-order valence-electron chi connectivity index (χ4n) is 1.18. The Morgan fingerprint density at radius 3 is 2.33 bits per heavy atom. The van der Waals surface area contributed by atoms with Gasteiger partial charge in [-0.15, -0.1) is 0 Å². The first kappa shape index (κ1) is 11.9. The van der Waals surface area contributed by atoms with Crippen molar-refractivity contribution in [3.8, 4) is 5.75 Å². The molecule has 1 aromatic carbocycles. The number of benzene rings is 1. The van der Waals surface area contributed by atoms with E-state index < -0.39 is 12.7 Å². The molecule has 0 atom stereocenters. The van der Waals surface area contributed by atoms with Crippen LogP contribution in [0.5, 0.6) is 5.75 Å². The number of hydrogen-bond donors (Lipinski definition) is 3. The maximum atomic E-state index is 9.13. The van der Waals surface area contributed by atoms with Crippen molar-refractivity contribution in [2.45, 2.75) is 26.4 Å². The molecule has 0 spiro atoms. The third-order valence-corrected chi connectivity index (χ3v) is 1.73. The first-order valence-electron chi connectivity index (χ1n) is 4.74. The lowest BCUT2D eigenvalue weighted by Crippen LogP contribution is -2.35. The molecule has 5 heteroatoms. The van der Waals surface area contributed by atoms with Crippen molar-refractivity contribution < 1.29 is 14.8 Å². The van der Waals surface area contributed by atoms with Crippen LogP contribution in [0.25, 0.3) is 0 Å². The van der Waals surface area contributed by atoms with Gasteiger partial charge in [-0.25, -0.2) is 0 Å². The van der Waals surface area contributed by atoms with Gasteiger partial charge < -0.3 is 20.5 Å². The molecule has 0 aliphatic rings. The van der Waals surface area contributed by atoms with Gasteiger partial charge in [0.05, 0.1) is 0 Å². The second-order valence-electron chi connectivity index (χ2n) is 4.39. The summed E-state index contributed by atoms with van der Waals surface area (Å²) in [6.07, 6.45) is 0. The van der Waals surface area contributed by atoms with Crippen LogP contribution >= 0.6 is 0 Å². The zero-order valence-corrected chi connectivity index (χ0v) is 9.19. The van der Waals surface area contributed by atoms with Crippen molar-refractivity contribution >= 4 is 18.3 Å². The van der Waals surface area contributed by atoms with Gasteiger partial charge in [-0.3, -0.25) is 0 Å². The SMILES string of the molecule is CC(C)(C)Oc1cc(N)ccc1B(O)O. The number of rotatable bonds is 2. The molecule has 0 heterocycles. The van der Waals surface area contributed by atoms with Gasteiger partial charge in [0, 0.05) is 17.2 Å². The van der Waals surface area contributed by atoms with Crippen molar-refractivity contribution in [3.63, 3.8) is 0 Å². The summed E-state index contributed by atoms with van der Waals surface area (Å²) in [7, 11) is -1.55. The molecule has 1 aromatic rings. The second kappa shape index (κ2) is 4.12. The van der Waals surface area contributed by atoms with Gasteiger partial charge in [0.2, 0.25) is 0 Å². The molecule has 4 N–H and O–H groups in total. The first-order chi connectivity index (χ1) is 6.79. The molecule has 0 aliphatic carbocycles. The number of ether oxygens (including phenoxy) is 1. The minimum atomic E-state index is -1.55. The predicted molar refractivity (Wildman–Crippen MR) is 61.1 cm³/mol. The van der Waals surface area contributed by atoms with Crippen LogP contribution < -0.4 is 15.9 Å². The lowest BCUT2D eigenvalue weighted by molar-refractivity contribution is 0.132. The van der Waals surface area contributed by atoms with Gasteiger partial charge in [0.25, 0.3) is 0 Å². The maximum Gasteiger partial charge on any atom is 0.492 e. The van der Waals surface area contributed by atoms with E-state index in [0.717, 1.165) is 0 Å². The van der Waals surface area contributed by atoms with Crippen LogP contribution in [0.15, 0.2) is 18.2 Å². The molecule has 0 fully saturated rings. The lowest BCUT2D eigenvalue weighted by Gasteiger charge is -2.23. The van der Waals surface area contributed by atoms with Crippen LogP contribution in [0.2, 0.25) is 0 Å². The molecule has 15 heavy (non-hydrogen) atoms. The highest BCUT2D eigenvalue weighted by Gasteiger charge is 2.21. The van der Waals surface area contributed by atoms with Crippen molar-refractivity contribution in [1.82, 2.24) is 0 Å². The lowest BCUT2D eigenvalue weighted by atomic mass is 9.79. The Hall–Kier alpha value is -1.20. The van der Waals surface area contributed by atoms with Crippen molar-refractivity contribution in [2.24, 2.45) is 0 Å². The molecule has 0 aromatic heterocycles. The Balaban J connectivity index is 3.08. The molecule has 0 saturated carbocycles. The van der Waals surface area contributed by atoms with Crippen LogP contribution in [0, 0.1) is 0 Å². The third-order valence-electron chi connectivity index (χ3n) is 1.73. The average Bonchev–Trinajstić information content (AvgIpc) is 1.99. The highest BCUT2D eigenvalue weighted by atomic mass is 16.5. The van der Waals surface area contributed by atoms with E-state index in [4.69, 9.17) is 20.5 Å². The molecule has 0 radical (unpaired) electrons. The fraction of sp³-hybridized carbons (Fsp3) is 0.400. The number of anilines is 1. The molecule has 1 rings (SSSR count). The predicted octanol–water partition coefficient (Wildman–Crippen LogP) is 0.126. The Labute approximate surface area is 89.8 Å². The Bertz CT molecular complexity index is 347. The molecule has 0 saturated heterocycles. The normalized spacial score (nSPS) is 11.3. The molecular formula is C10H16BNO3. The third kappa shape index (κ3) is 3.45. The van der Waals surface area contributed by atoms with Crippen molar-refractivity contribution in [1.29, 1.82) is 0 Å². The van der Waals surface area contributed by atoms with E-state index >= 15 is 0 Å². The number of nitrogen functional groups attached to an aromatic ring is 1. The molecule has 4 nitrogen and oxygen atoms in total.